The molecule has 41 heavy (non-hydrogen) atoms. The van der Waals surface area contributed by atoms with Gasteiger partial charge in [0, 0.05) is 49.3 Å². The lowest BCUT2D eigenvalue weighted by Gasteiger charge is -2.34. The highest BCUT2D eigenvalue weighted by Crippen LogP contribution is 2.30. The van der Waals surface area contributed by atoms with Crippen LogP contribution in [-0.2, 0) is 6.18 Å². The van der Waals surface area contributed by atoms with E-state index in [1.165, 1.54) is 20.1 Å². The largest absolute Gasteiger partial charge is 0.416 e. The molecule has 2 heterocycles. The quantitative estimate of drug-likeness (QED) is 0.407. The van der Waals surface area contributed by atoms with Gasteiger partial charge in [-0.1, -0.05) is 24.2 Å². The summed E-state index contributed by atoms with van der Waals surface area (Å²) in [5, 5.41) is 5.63. The van der Waals surface area contributed by atoms with Crippen molar-refractivity contribution in [3.63, 3.8) is 0 Å². The SMILES string of the molecule is Bc1cc(NC(=O)c2ccc(C)c(N/C(N)=C3\N=C(N4CCN(C)CC4)N=C(N)\C3=N\C=C)c2)cc(C(F)(F)F)c1. The number of piperazine rings is 1. The summed E-state index contributed by atoms with van der Waals surface area (Å²) >= 11 is 0. The Hall–Kier alpha value is -4.59. The van der Waals surface area contributed by atoms with Crippen molar-refractivity contribution in [2.45, 2.75) is 13.1 Å². The predicted octanol–water partition coefficient (Wildman–Crippen LogP) is 1.62. The van der Waals surface area contributed by atoms with Crippen molar-refractivity contribution in [3.05, 3.63) is 77.4 Å². The van der Waals surface area contributed by atoms with Gasteiger partial charge in [0.2, 0.25) is 5.96 Å². The lowest BCUT2D eigenvalue weighted by atomic mass is 9.93. The smallest absolute Gasteiger partial charge is 0.383 e. The molecule has 6 N–H and O–H groups in total. The second-order valence-corrected chi connectivity index (χ2v) is 9.82. The molecular formula is C27H31BF3N9O. The molecule has 2 aliphatic rings. The molecule has 1 amide bonds. The van der Waals surface area contributed by atoms with Gasteiger partial charge in [-0.15, -0.1) is 0 Å². The van der Waals surface area contributed by atoms with E-state index in [0.29, 0.717) is 30.2 Å². The normalized spacial score (nSPS) is 18.5. The predicted molar refractivity (Wildman–Crippen MR) is 159 cm³/mol. The first kappa shape index (κ1) is 29.4. The number of amidine groups is 1. The molecule has 4 rings (SSSR count). The number of alkyl halides is 3. The zero-order valence-electron chi connectivity index (χ0n) is 23.0. The van der Waals surface area contributed by atoms with Crippen molar-refractivity contribution in [2.75, 3.05) is 43.9 Å². The van der Waals surface area contributed by atoms with Gasteiger partial charge in [0.1, 0.15) is 25.1 Å². The molecule has 0 saturated carbocycles. The standard InChI is InChI=1S/C27H31BF3N9O/c1-4-34-21-22(37-26(38-23(21)32)40-9-7-39(3)8-10-40)24(33)36-20-11-16(6-5-15(20)2)25(41)35-19-13-17(27(29,30)31)12-18(28)14-19/h4-6,11-14,36H,1,7-10,28,33H2,2-3H3,(H,35,41)(H2,32,37,38)/b24-22-,34-21+. The first-order valence-corrected chi connectivity index (χ1v) is 12.8. The molecule has 0 aromatic heterocycles. The van der Waals surface area contributed by atoms with Crippen molar-refractivity contribution in [1.29, 1.82) is 0 Å². The van der Waals surface area contributed by atoms with E-state index in [2.05, 4.69) is 37.1 Å². The van der Waals surface area contributed by atoms with Crippen LogP contribution in [0.5, 0.6) is 0 Å². The van der Waals surface area contributed by atoms with Crippen LogP contribution in [0.3, 0.4) is 0 Å². The molecule has 0 radical (unpaired) electrons. The average molecular weight is 565 g/mol. The van der Waals surface area contributed by atoms with Crippen molar-refractivity contribution < 1.29 is 18.0 Å². The minimum atomic E-state index is -4.54. The fourth-order valence-electron chi connectivity index (χ4n) is 4.34. The first-order chi connectivity index (χ1) is 19.3. The number of aryl methyl sites for hydroxylation is 1. The third-order valence-electron chi connectivity index (χ3n) is 6.59. The summed E-state index contributed by atoms with van der Waals surface area (Å²) in [6.07, 6.45) is -3.22. The Bertz CT molecular complexity index is 1490. The third kappa shape index (κ3) is 6.95. The maximum Gasteiger partial charge on any atom is 0.416 e. The van der Waals surface area contributed by atoms with Crippen LogP contribution in [0.4, 0.5) is 24.5 Å². The van der Waals surface area contributed by atoms with Crippen LogP contribution >= 0.6 is 0 Å². The fraction of sp³-hybridized carbons (Fsp3) is 0.259. The number of anilines is 2. The van der Waals surface area contributed by atoms with Crippen LogP contribution in [0.1, 0.15) is 21.5 Å². The first-order valence-electron chi connectivity index (χ1n) is 12.8. The summed E-state index contributed by atoms with van der Waals surface area (Å²) < 4.78 is 39.7. The van der Waals surface area contributed by atoms with Gasteiger partial charge in [-0.05, 0) is 43.8 Å². The highest BCUT2D eigenvalue weighted by Gasteiger charge is 2.31. The summed E-state index contributed by atoms with van der Waals surface area (Å²) in [6.45, 7) is 8.54. The number of hydrogen-bond donors (Lipinski definition) is 4. The number of halogens is 3. The van der Waals surface area contributed by atoms with Gasteiger partial charge in [-0.2, -0.15) is 18.2 Å². The van der Waals surface area contributed by atoms with Gasteiger partial charge in [-0.25, -0.2) is 4.99 Å². The Morgan fingerprint density at radius 2 is 1.83 bits per heavy atom. The Labute approximate surface area is 236 Å². The molecule has 214 valence electrons. The molecule has 2 aromatic carbocycles. The molecule has 0 aliphatic carbocycles. The second kappa shape index (κ2) is 11.9. The van der Waals surface area contributed by atoms with E-state index in [-0.39, 0.29) is 34.3 Å². The monoisotopic (exact) mass is 565 g/mol. The van der Waals surface area contributed by atoms with Gasteiger partial charge in [0.25, 0.3) is 5.91 Å². The lowest BCUT2D eigenvalue weighted by Crippen LogP contribution is -2.48. The molecule has 10 nitrogen and oxygen atoms in total. The number of amides is 1. The fourth-order valence-corrected chi connectivity index (χ4v) is 4.34. The molecule has 0 spiro atoms. The van der Waals surface area contributed by atoms with Crippen LogP contribution in [0.2, 0.25) is 0 Å². The van der Waals surface area contributed by atoms with Gasteiger partial charge < -0.3 is 31.9 Å². The third-order valence-corrected chi connectivity index (χ3v) is 6.59. The number of aliphatic imine (C=N–C) groups is 3. The highest BCUT2D eigenvalue weighted by molar-refractivity contribution is 6.49. The molecule has 0 atom stereocenters. The van der Waals surface area contributed by atoms with E-state index in [1.807, 2.05) is 18.9 Å². The van der Waals surface area contributed by atoms with Crippen molar-refractivity contribution in [1.82, 2.24) is 9.80 Å². The second-order valence-electron chi connectivity index (χ2n) is 9.82. The zero-order chi connectivity index (χ0) is 29.9. The van der Waals surface area contributed by atoms with Crippen molar-refractivity contribution in [2.24, 2.45) is 26.4 Å². The molecule has 14 heteroatoms. The number of guanidine groups is 1. The van der Waals surface area contributed by atoms with Crippen molar-refractivity contribution >= 4 is 48.1 Å². The van der Waals surface area contributed by atoms with Gasteiger partial charge >= 0.3 is 6.18 Å². The maximum atomic E-state index is 13.2. The number of carbonyl (C=O) groups excluding carboxylic acids is 1. The zero-order valence-corrected chi connectivity index (χ0v) is 23.0. The Balaban J connectivity index is 1.63. The van der Waals surface area contributed by atoms with Crippen LogP contribution in [0.25, 0.3) is 0 Å². The number of likely N-dealkylation sites (N-methyl/N-ethyl adjacent to an activating group) is 1. The topological polar surface area (TPSA) is 137 Å². The molecule has 2 aromatic rings. The van der Waals surface area contributed by atoms with E-state index in [4.69, 9.17) is 11.5 Å². The Morgan fingerprint density at radius 1 is 1.12 bits per heavy atom. The van der Waals surface area contributed by atoms with E-state index < -0.39 is 17.6 Å². The molecule has 1 saturated heterocycles. The van der Waals surface area contributed by atoms with Crippen LogP contribution in [0, 0.1) is 6.92 Å². The average Bonchev–Trinajstić information content (AvgIpc) is 2.90. The van der Waals surface area contributed by atoms with Crippen LogP contribution in [0.15, 0.2) is 75.7 Å². The highest BCUT2D eigenvalue weighted by atomic mass is 19.4. The minimum absolute atomic E-state index is 0.0343. The van der Waals surface area contributed by atoms with E-state index in [9.17, 15) is 18.0 Å². The number of rotatable bonds is 5. The summed E-state index contributed by atoms with van der Waals surface area (Å²) in [5.41, 5.74) is 14.2. The Kier molecular flexibility index (Phi) is 8.52. The summed E-state index contributed by atoms with van der Waals surface area (Å²) in [5.74, 6) is 0.0787. The van der Waals surface area contributed by atoms with E-state index in [0.717, 1.165) is 30.8 Å². The number of nitrogens with zero attached hydrogens (tertiary/aromatic N) is 5. The maximum absolute atomic E-state index is 13.2. The van der Waals surface area contributed by atoms with E-state index >= 15 is 0 Å². The van der Waals surface area contributed by atoms with Crippen molar-refractivity contribution in [3.8, 4) is 0 Å². The molecule has 1 fully saturated rings. The number of carbonyl (C=O) groups is 1. The van der Waals surface area contributed by atoms with Crippen LogP contribution in [-0.4, -0.2) is 74.3 Å². The van der Waals surface area contributed by atoms with Gasteiger partial charge in [0.15, 0.2) is 5.84 Å². The van der Waals surface area contributed by atoms with Gasteiger partial charge in [-0.3, -0.25) is 9.79 Å². The summed E-state index contributed by atoms with van der Waals surface area (Å²) in [7, 11) is 3.57. The number of nitrogens with two attached hydrogens (primary N) is 2. The minimum Gasteiger partial charge on any atom is -0.383 e. The summed E-state index contributed by atoms with van der Waals surface area (Å²) in [6, 6.07) is 8.19. The number of benzene rings is 2. The van der Waals surface area contributed by atoms with Gasteiger partial charge in [0.05, 0.1) is 5.56 Å². The molecule has 0 bridgehead atoms. The van der Waals surface area contributed by atoms with E-state index in [1.54, 1.807) is 18.2 Å². The Morgan fingerprint density at radius 3 is 2.49 bits per heavy atom. The summed E-state index contributed by atoms with van der Waals surface area (Å²) in [4.78, 5) is 30.5. The molecular weight excluding hydrogens is 534 g/mol. The molecule has 2 aliphatic heterocycles. The molecule has 0 unspecified atom stereocenters. The number of nitrogens with one attached hydrogen (secondary N) is 2. The number of hydrogen-bond acceptors (Lipinski definition) is 9. The van der Waals surface area contributed by atoms with Crippen LogP contribution < -0.4 is 27.6 Å². The lowest BCUT2D eigenvalue weighted by molar-refractivity contribution is -0.137.